The van der Waals surface area contributed by atoms with Crippen molar-refractivity contribution >= 4 is 0 Å². The zero-order valence-corrected chi connectivity index (χ0v) is 9.93. The fourth-order valence-corrected chi connectivity index (χ4v) is 1.90. The number of halogens is 3. The molecule has 1 aromatic carbocycles. The first kappa shape index (κ1) is 13.7. The van der Waals surface area contributed by atoms with Crippen LogP contribution in [0.3, 0.4) is 0 Å². The first-order valence-corrected chi connectivity index (χ1v) is 5.78. The lowest BCUT2D eigenvalue weighted by Crippen LogP contribution is -2.14. The molecule has 2 rings (SSSR count). The van der Waals surface area contributed by atoms with Crippen LogP contribution >= 0.6 is 0 Å². The molecule has 1 aliphatic rings. The Hall–Kier alpha value is -1.69. The van der Waals surface area contributed by atoms with Crippen LogP contribution in [0.15, 0.2) is 36.8 Å². The van der Waals surface area contributed by atoms with Gasteiger partial charge in [-0.2, -0.15) is 13.2 Å². The van der Waals surface area contributed by atoms with E-state index < -0.39 is 24.1 Å². The molecule has 0 radical (unpaired) electrons. The van der Waals surface area contributed by atoms with Crippen LogP contribution in [-0.2, 0) is 15.7 Å². The molecule has 0 saturated carbocycles. The van der Waals surface area contributed by atoms with E-state index >= 15 is 0 Å². The molecule has 1 atom stereocenters. The van der Waals surface area contributed by atoms with Crippen molar-refractivity contribution in [3.63, 3.8) is 0 Å². The molecule has 1 aromatic rings. The van der Waals surface area contributed by atoms with E-state index in [2.05, 4.69) is 0 Å². The van der Waals surface area contributed by atoms with Crippen LogP contribution in [0.1, 0.15) is 30.1 Å². The molecule has 0 amide bonds. The second-order valence-corrected chi connectivity index (χ2v) is 4.15. The number of rotatable bonds is 4. The third-order valence-electron chi connectivity index (χ3n) is 2.82. The van der Waals surface area contributed by atoms with Gasteiger partial charge in [-0.05, 0) is 18.1 Å². The standard InChI is InChI=1S/C13H13F3O3/c14-13(15,16)10-4-2-1-3-9(10)11(17)5-6-12-18-7-8-19-12/h1-4,7-8,11-12,17H,5-6H2. The molecule has 0 spiro atoms. The van der Waals surface area contributed by atoms with Crippen LogP contribution in [0.2, 0.25) is 0 Å². The van der Waals surface area contributed by atoms with Gasteiger partial charge in [0.2, 0.25) is 6.29 Å². The number of aliphatic hydroxyl groups is 1. The van der Waals surface area contributed by atoms with Crippen LogP contribution < -0.4 is 0 Å². The highest BCUT2D eigenvalue weighted by Crippen LogP contribution is 2.35. The average molecular weight is 274 g/mol. The van der Waals surface area contributed by atoms with E-state index in [1.54, 1.807) is 0 Å². The molecule has 0 fully saturated rings. The molecule has 1 aliphatic heterocycles. The topological polar surface area (TPSA) is 38.7 Å². The number of aliphatic hydroxyl groups excluding tert-OH is 1. The number of alkyl halides is 3. The van der Waals surface area contributed by atoms with Crippen molar-refractivity contribution in [2.45, 2.75) is 31.4 Å². The van der Waals surface area contributed by atoms with Crippen LogP contribution in [-0.4, -0.2) is 11.4 Å². The Bertz CT molecular complexity index is 449. The van der Waals surface area contributed by atoms with Gasteiger partial charge in [-0.3, -0.25) is 0 Å². The van der Waals surface area contributed by atoms with Crippen molar-refractivity contribution in [3.8, 4) is 0 Å². The summed E-state index contributed by atoms with van der Waals surface area (Å²) >= 11 is 0. The smallest absolute Gasteiger partial charge is 0.416 e. The lowest BCUT2D eigenvalue weighted by molar-refractivity contribution is -0.139. The molecular formula is C13H13F3O3. The lowest BCUT2D eigenvalue weighted by atomic mass is 9.98. The first-order valence-electron chi connectivity index (χ1n) is 5.78. The summed E-state index contributed by atoms with van der Waals surface area (Å²) in [6, 6.07) is 5.01. The van der Waals surface area contributed by atoms with E-state index in [1.807, 2.05) is 0 Å². The molecular weight excluding hydrogens is 261 g/mol. The van der Waals surface area contributed by atoms with Crippen LogP contribution in [0.4, 0.5) is 13.2 Å². The molecule has 1 heterocycles. The number of hydrogen-bond acceptors (Lipinski definition) is 3. The van der Waals surface area contributed by atoms with E-state index in [9.17, 15) is 18.3 Å². The predicted octanol–water partition coefficient (Wildman–Crippen LogP) is 3.36. The summed E-state index contributed by atoms with van der Waals surface area (Å²) in [6.45, 7) is 0. The maximum atomic E-state index is 12.8. The summed E-state index contributed by atoms with van der Waals surface area (Å²) < 4.78 is 48.3. The van der Waals surface area contributed by atoms with Crippen molar-refractivity contribution in [2.24, 2.45) is 0 Å². The van der Waals surface area contributed by atoms with E-state index in [-0.39, 0.29) is 12.0 Å². The van der Waals surface area contributed by atoms with E-state index in [0.29, 0.717) is 6.42 Å². The van der Waals surface area contributed by atoms with Gasteiger partial charge in [0.25, 0.3) is 0 Å². The van der Waals surface area contributed by atoms with E-state index in [1.165, 1.54) is 30.7 Å². The molecule has 0 saturated heterocycles. The number of benzene rings is 1. The summed E-state index contributed by atoms with van der Waals surface area (Å²) in [7, 11) is 0. The van der Waals surface area contributed by atoms with Crippen molar-refractivity contribution in [2.75, 3.05) is 0 Å². The van der Waals surface area contributed by atoms with Gasteiger partial charge in [-0.25, -0.2) is 0 Å². The Kier molecular flexibility index (Phi) is 3.99. The fraction of sp³-hybridized carbons (Fsp3) is 0.385. The van der Waals surface area contributed by atoms with Crippen molar-refractivity contribution in [1.29, 1.82) is 0 Å². The zero-order chi connectivity index (χ0) is 13.9. The van der Waals surface area contributed by atoms with Gasteiger partial charge in [0.05, 0.1) is 11.7 Å². The summed E-state index contributed by atoms with van der Waals surface area (Å²) in [6.07, 6.45) is -3.06. The zero-order valence-electron chi connectivity index (χ0n) is 9.93. The Balaban J connectivity index is 2.04. The molecule has 0 aromatic heterocycles. The molecule has 3 nitrogen and oxygen atoms in total. The molecule has 1 unspecified atom stereocenters. The van der Waals surface area contributed by atoms with Gasteiger partial charge in [-0.1, -0.05) is 18.2 Å². The molecule has 1 N–H and O–H groups in total. The second-order valence-electron chi connectivity index (χ2n) is 4.15. The average Bonchev–Trinajstić information content (AvgIpc) is 2.88. The van der Waals surface area contributed by atoms with Crippen LogP contribution in [0.5, 0.6) is 0 Å². The predicted molar refractivity (Wildman–Crippen MR) is 60.7 cm³/mol. The largest absolute Gasteiger partial charge is 0.459 e. The quantitative estimate of drug-likeness (QED) is 0.915. The maximum Gasteiger partial charge on any atom is 0.416 e. The minimum Gasteiger partial charge on any atom is -0.459 e. The van der Waals surface area contributed by atoms with Gasteiger partial charge in [-0.15, -0.1) is 0 Å². The van der Waals surface area contributed by atoms with E-state index in [4.69, 9.17) is 9.47 Å². The maximum absolute atomic E-state index is 12.8. The normalized spacial score (nSPS) is 17.1. The highest BCUT2D eigenvalue weighted by molar-refractivity contribution is 5.31. The Labute approximate surface area is 108 Å². The highest BCUT2D eigenvalue weighted by atomic mass is 19.4. The molecule has 0 aliphatic carbocycles. The summed E-state index contributed by atoms with van der Waals surface area (Å²) in [5.41, 5.74) is -0.935. The second kappa shape index (κ2) is 5.52. The third kappa shape index (κ3) is 3.41. The summed E-state index contributed by atoms with van der Waals surface area (Å²) in [4.78, 5) is 0. The highest BCUT2D eigenvalue weighted by Gasteiger charge is 2.34. The minimum absolute atomic E-state index is 0.124. The minimum atomic E-state index is -4.47. The van der Waals surface area contributed by atoms with Gasteiger partial charge in [0.15, 0.2) is 0 Å². The fourth-order valence-electron chi connectivity index (χ4n) is 1.90. The van der Waals surface area contributed by atoms with Gasteiger partial charge >= 0.3 is 6.18 Å². The van der Waals surface area contributed by atoms with Gasteiger partial charge in [0, 0.05) is 6.42 Å². The summed E-state index contributed by atoms with van der Waals surface area (Å²) in [5.74, 6) is 0. The van der Waals surface area contributed by atoms with Gasteiger partial charge in [0.1, 0.15) is 12.5 Å². The number of ether oxygens (including phenoxy) is 2. The molecule has 6 heteroatoms. The number of hydrogen-bond donors (Lipinski definition) is 1. The van der Waals surface area contributed by atoms with Crippen molar-refractivity contribution in [1.82, 2.24) is 0 Å². The SMILES string of the molecule is OC(CCC1OC=CO1)c1ccccc1C(F)(F)F. The summed E-state index contributed by atoms with van der Waals surface area (Å²) in [5, 5.41) is 9.89. The van der Waals surface area contributed by atoms with Crippen LogP contribution in [0.25, 0.3) is 0 Å². The van der Waals surface area contributed by atoms with Crippen molar-refractivity contribution < 1.29 is 27.8 Å². The van der Waals surface area contributed by atoms with E-state index in [0.717, 1.165) is 6.07 Å². The molecule has 19 heavy (non-hydrogen) atoms. The molecule has 0 bridgehead atoms. The third-order valence-corrected chi connectivity index (χ3v) is 2.82. The monoisotopic (exact) mass is 274 g/mol. The van der Waals surface area contributed by atoms with Crippen molar-refractivity contribution in [3.05, 3.63) is 47.9 Å². The Morgan fingerprint density at radius 2 is 1.79 bits per heavy atom. The Morgan fingerprint density at radius 1 is 1.16 bits per heavy atom. The van der Waals surface area contributed by atoms with Gasteiger partial charge < -0.3 is 14.6 Å². The lowest BCUT2D eigenvalue weighted by Gasteiger charge is -2.18. The molecule has 104 valence electrons. The first-order chi connectivity index (χ1) is 8.98. The Morgan fingerprint density at radius 3 is 2.42 bits per heavy atom. The van der Waals surface area contributed by atoms with Crippen LogP contribution in [0, 0.1) is 0 Å².